The molecular weight excluding hydrogens is 607 g/mol. The van der Waals surface area contributed by atoms with Gasteiger partial charge < -0.3 is 9.32 Å². The van der Waals surface area contributed by atoms with Crippen LogP contribution in [0, 0.1) is 0 Å². The Balaban J connectivity index is 1.19. The first-order valence-corrected chi connectivity index (χ1v) is 17.0. The molecule has 236 valence electrons. The molecular formula is C48H33NO. The lowest BCUT2D eigenvalue weighted by Gasteiger charge is -2.28. The first kappa shape index (κ1) is 29.5. The van der Waals surface area contributed by atoms with Crippen LogP contribution in [0.4, 0.5) is 17.1 Å². The van der Waals surface area contributed by atoms with Crippen LogP contribution in [0.2, 0.25) is 0 Å². The van der Waals surface area contributed by atoms with Crippen LogP contribution in [0.3, 0.4) is 0 Å². The number of hydrogen-bond donors (Lipinski definition) is 0. The summed E-state index contributed by atoms with van der Waals surface area (Å²) in [7, 11) is 0. The molecule has 0 aliphatic heterocycles. The van der Waals surface area contributed by atoms with Crippen molar-refractivity contribution in [3.63, 3.8) is 0 Å². The third-order valence-corrected chi connectivity index (χ3v) is 9.48. The highest BCUT2D eigenvalue weighted by Crippen LogP contribution is 2.44. The summed E-state index contributed by atoms with van der Waals surface area (Å²) in [5, 5.41) is 2.24. The monoisotopic (exact) mass is 639 g/mol. The second-order valence-corrected chi connectivity index (χ2v) is 12.6. The van der Waals surface area contributed by atoms with Crippen molar-refractivity contribution >= 4 is 39.0 Å². The maximum atomic E-state index is 6.41. The van der Waals surface area contributed by atoms with Crippen LogP contribution in [-0.4, -0.2) is 0 Å². The third-order valence-electron chi connectivity index (χ3n) is 9.48. The van der Waals surface area contributed by atoms with Crippen LogP contribution >= 0.6 is 0 Å². The Kier molecular flexibility index (Phi) is 7.53. The van der Waals surface area contributed by atoms with E-state index in [4.69, 9.17) is 4.42 Å². The van der Waals surface area contributed by atoms with Crippen molar-refractivity contribution < 1.29 is 4.42 Å². The van der Waals surface area contributed by atoms with E-state index in [9.17, 15) is 0 Å². The first-order valence-electron chi connectivity index (χ1n) is 17.0. The molecule has 1 aromatic heterocycles. The molecule has 2 nitrogen and oxygen atoms in total. The van der Waals surface area contributed by atoms with Gasteiger partial charge in [0.1, 0.15) is 11.2 Å². The van der Waals surface area contributed by atoms with Crippen molar-refractivity contribution in [3.05, 3.63) is 200 Å². The van der Waals surface area contributed by atoms with Crippen molar-refractivity contribution in [1.29, 1.82) is 0 Å². The van der Waals surface area contributed by atoms with Crippen LogP contribution in [0.5, 0.6) is 0 Å². The lowest BCUT2D eigenvalue weighted by atomic mass is 9.96. The molecule has 0 amide bonds. The van der Waals surface area contributed by atoms with Gasteiger partial charge in [0, 0.05) is 33.8 Å². The van der Waals surface area contributed by atoms with Crippen molar-refractivity contribution in [2.75, 3.05) is 4.90 Å². The maximum Gasteiger partial charge on any atom is 0.137 e. The lowest BCUT2D eigenvalue weighted by Crippen LogP contribution is -2.11. The van der Waals surface area contributed by atoms with Crippen LogP contribution in [0.1, 0.15) is 0 Å². The van der Waals surface area contributed by atoms with E-state index in [1.54, 1.807) is 0 Å². The largest absolute Gasteiger partial charge is 0.456 e. The SMILES string of the molecule is c1ccc(-c2ccc(-c3cccc(N(c4ccc5c(c4)oc4ccccc45)c4ccccc4-c4cccc(-c5ccccc5)c4)c3)cc2)cc1. The zero-order valence-corrected chi connectivity index (χ0v) is 27.4. The number of furan rings is 1. The predicted octanol–water partition coefficient (Wildman–Crippen LogP) is 13.7. The van der Waals surface area contributed by atoms with Crippen LogP contribution in [-0.2, 0) is 0 Å². The first-order chi connectivity index (χ1) is 24.8. The molecule has 0 radical (unpaired) electrons. The summed E-state index contributed by atoms with van der Waals surface area (Å²) in [6, 6.07) is 71.1. The van der Waals surface area contributed by atoms with E-state index in [0.717, 1.165) is 55.7 Å². The maximum absolute atomic E-state index is 6.41. The fourth-order valence-corrected chi connectivity index (χ4v) is 7.00. The van der Waals surface area contributed by atoms with E-state index < -0.39 is 0 Å². The molecule has 0 spiro atoms. The average molecular weight is 640 g/mol. The Labute approximate surface area is 292 Å². The van der Waals surface area contributed by atoms with Crippen molar-refractivity contribution in [1.82, 2.24) is 0 Å². The zero-order chi connectivity index (χ0) is 33.3. The second-order valence-electron chi connectivity index (χ2n) is 12.6. The normalized spacial score (nSPS) is 11.2. The summed E-state index contributed by atoms with van der Waals surface area (Å²) in [5.74, 6) is 0. The molecule has 0 saturated carbocycles. The van der Waals surface area contributed by atoms with E-state index in [0.29, 0.717) is 0 Å². The van der Waals surface area contributed by atoms with Gasteiger partial charge in [0.05, 0.1) is 5.69 Å². The molecule has 1 heterocycles. The Hall–Kier alpha value is -6.64. The number of benzene rings is 8. The number of para-hydroxylation sites is 2. The molecule has 0 fully saturated rings. The van der Waals surface area contributed by atoms with Gasteiger partial charge in [0.2, 0.25) is 0 Å². The van der Waals surface area contributed by atoms with Crippen LogP contribution in [0.25, 0.3) is 66.4 Å². The minimum atomic E-state index is 0.866. The molecule has 0 saturated heterocycles. The molecule has 0 aliphatic carbocycles. The molecule has 9 aromatic rings. The van der Waals surface area contributed by atoms with Gasteiger partial charge in [0.25, 0.3) is 0 Å². The van der Waals surface area contributed by atoms with Crippen molar-refractivity contribution in [3.8, 4) is 44.5 Å². The van der Waals surface area contributed by atoms with Gasteiger partial charge in [-0.15, -0.1) is 0 Å². The number of hydrogen-bond acceptors (Lipinski definition) is 2. The topological polar surface area (TPSA) is 16.4 Å². The minimum absolute atomic E-state index is 0.866. The molecule has 0 N–H and O–H groups in total. The average Bonchev–Trinajstić information content (AvgIpc) is 3.57. The lowest BCUT2D eigenvalue weighted by molar-refractivity contribution is 0.669. The summed E-state index contributed by atoms with van der Waals surface area (Å²) in [6.45, 7) is 0. The Morgan fingerprint density at radius 1 is 0.300 bits per heavy atom. The van der Waals surface area contributed by atoms with E-state index in [1.165, 1.54) is 27.8 Å². The van der Waals surface area contributed by atoms with Gasteiger partial charge in [-0.05, 0) is 81.4 Å². The molecule has 2 heteroatoms. The Morgan fingerprint density at radius 2 is 0.820 bits per heavy atom. The van der Waals surface area contributed by atoms with Gasteiger partial charge in [-0.25, -0.2) is 0 Å². The summed E-state index contributed by atoms with van der Waals surface area (Å²) >= 11 is 0. The van der Waals surface area contributed by atoms with Gasteiger partial charge in [-0.2, -0.15) is 0 Å². The molecule has 9 rings (SSSR count). The predicted molar refractivity (Wildman–Crippen MR) is 210 cm³/mol. The summed E-state index contributed by atoms with van der Waals surface area (Å²) in [6.07, 6.45) is 0. The van der Waals surface area contributed by atoms with Crippen molar-refractivity contribution in [2.45, 2.75) is 0 Å². The fourth-order valence-electron chi connectivity index (χ4n) is 7.00. The molecule has 0 aliphatic rings. The molecule has 0 bridgehead atoms. The quantitative estimate of drug-likeness (QED) is 0.173. The highest BCUT2D eigenvalue weighted by atomic mass is 16.3. The van der Waals surface area contributed by atoms with Crippen LogP contribution < -0.4 is 4.90 Å². The number of nitrogens with zero attached hydrogens (tertiary/aromatic N) is 1. The highest BCUT2D eigenvalue weighted by molar-refractivity contribution is 6.06. The molecule has 8 aromatic carbocycles. The van der Waals surface area contributed by atoms with Gasteiger partial charge >= 0.3 is 0 Å². The zero-order valence-electron chi connectivity index (χ0n) is 27.4. The molecule has 50 heavy (non-hydrogen) atoms. The van der Waals surface area contributed by atoms with Crippen molar-refractivity contribution in [2.24, 2.45) is 0 Å². The fraction of sp³-hybridized carbons (Fsp3) is 0. The third kappa shape index (κ3) is 5.53. The molecule has 0 unspecified atom stereocenters. The van der Waals surface area contributed by atoms with Gasteiger partial charge in [0.15, 0.2) is 0 Å². The Bertz CT molecular complexity index is 2580. The van der Waals surface area contributed by atoms with Gasteiger partial charge in [-0.1, -0.05) is 152 Å². The summed E-state index contributed by atoms with van der Waals surface area (Å²) < 4.78 is 6.41. The van der Waals surface area contributed by atoms with Crippen LogP contribution in [0.15, 0.2) is 205 Å². The number of anilines is 3. The minimum Gasteiger partial charge on any atom is -0.456 e. The summed E-state index contributed by atoms with van der Waals surface area (Å²) in [5.41, 5.74) is 14.4. The Morgan fingerprint density at radius 3 is 1.60 bits per heavy atom. The number of fused-ring (bicyclic) bond motifs is 3. The highest BCUT2D eigenvalue weighted by Gasteiger charge is 2.19. The van der Waals surface area contributed by atoms with E-state index in [2.05, 4.69) is 193 Å². The second kappa shape index (κ2) is 12.8. The number of rotatable bonds is 7. The van der Waals surface area contributed by atoms with Gasteiger partial charge in [-0.3, -0.25) is 0 Å². The van der Waals surface area contributed by atoms with E-state index in [-0.39, 0.29) is 0 Å². The van der Waals surface area contributed by atoms with E-state index in [1.807, 2.05) is 12.1 Å². The van der Waals surface area contributed by atoms with E-state index >= 15 is 0 Å². The summed E-state index contributed by atoms with van der Waals surface area (Å²) in [4.78, 5) is 2.36. The molecule has 0 atom stereocenters. The standard InChI is InChI=1S/C48H33NO/c1-3-13-34(14-4-1)36-25-27-37(28-26-36)39-18-12-20-41(32-39)49(42-29-30-45-44-22-8-10-24-47(44)50-48(45)33-42)46-23-9-7-21-43(46)40-19-11-17-38(31-40)35-15-5-2-6-16-35/h1-33H. The smallest absolute Gasteiger partial charge is 0.137 e.